The number of carboxylic acids is 1. The normalized spacial score (nSPS) is 15.7. The molecule has 5 nitrogen and oxygen atoms in total. The van der Waals surface area contributed by atoms with Gasteiger partial charge in [0.25, 0.3) is 5.91 Å². The largest absolute Gasteiger partial charge is 0.493 e. The summed E-state index contributed by atoms with van der Waals surface area (Å²) in [5, 5.41) is 11.0. The Morgan fingerprint density at radius 1 is 1.30 bits per heavy atom. The Morgan fingerprint density at radius 2 is 2.07 bits per heavy atom. The maximum absolute atomic E-state index is 12.6. The average Bonchev–Trinajstić information content (AvgIpc) is 2.90. The highest BCUT2D eigenvalue weighted by atomic mass is 32.2. The fraction of sp³-hybridized carbons (Fsp3) is 0.250. The van der Waals surface area contributed by atoms with Crippen LogP contribution in [0.5, 0.6) is 5.75 Å². The van der Waals surface area contributed by atoms with Gasteiger partial charge in [0.05, 0.1) is 11.5 Å². The van der Waals surface area contributed by atoms with Gasteiger partial charge in [-0.1, -0.05) is 67.7 Å². The molecule has 1 N–H and O–H groups in total. The van der Waals surface area contributed by atoms with E-state index >= 15 is 0 Å². The number of unbranched alkanes of at least 4 members (excludes halogenated alkanes) is 1. The van der Waals surface area contributed by atoms with E-state index < -0.39 is 12.5 Å². The van der Waals surface area contributed by atoms with Crippen molar-refractivity contribution in [2.75, 3.05) is 13.2 Å². The summed E-state index contributed by atoms with van der Waals surface area (Å²) >= 11 is 6.29. The number of benzene rings is 2. The molecule has 0 saturated carbocycles. The van der Waals surface area contributed by atoms with Gasteiger partial charge < -0.3 is 9.84 Å². The lowest BCUT2D eigenvalue weighted by Gasteiger charge is -2.12. The third-order valence-electron chi connectivity index (χ3n) is 4.13. The predicted molar refractivity (Wildman–Crippen MR) is 112 cm³/mol. The predicted octanol–water partition coefficient (Wildman–Crippen LogP) is 4.30. The van der Waals surface area contributed by atoms with Crippen molar-refractivity contribution in [3.63, 3.8) is 0 Å². The highest BCUT2D eigenvalue weighted by Gasteiger charge is 2.33. The molecule has 0 radical (unpaired) electrons. The molecule has 1 heterocycles. The summed E-state index contributed by atoms with van der Waals surface area (Å²) in [5.41, 5.74) is 0.806. The highest BCUT2D eigenvalue weighted by molar-refractivity contribution is 8.26. The van der Waals surface area contributed by atoms with Crippen LogP contribution in [0.15, 0.2) is 41.3 Å². The summed E-state index contributed by atoms with van der Waals surface area (Å²) in [7, 11) is 0. The van der Waals surface area contributed by atoms with E-state index in [0.717, 1.165) is 45.8 Å². The minimum atomic E-state index is -1.10. The maximum atomic E-state index is 12.6. The molecule has 1 amide bonds. The zero-order valence-corrected chi connectivity index (χ0v) is 16.4. The Balaban J connectivity index is 2.03. The van der Waals surface area contributed by atoms with Crippen LogP contribution in [0.2, 0.25) is 0 Å². The second kappa shape index (κ2) is 8.54. The summed E-state index contributed by atoms with van der Waals surface area (Å²) in [6.45, 7) is 2.26. The van der Waals surface area contributed by atoms with E-state index in [4.69, 9.17) is 22.1 Å². The first-order chi connectivity index (χ1) is 13.0. The van der Waals surface area contributed by atoms with Crippen LogP contribution in [0.1, 0.15) is 25.3 Å². The number of rotatable bonds is 7. The summed E-state index contributed by atoms with van der Waals surface area (Å²) in [6, 6.07) is 11.8. The number of carboxylic acid groups (broad SMARTS) is 1. The molecule has 7 heteroatoms. The van der Waals surface area contributed by atoms with E-state index in [-0.39, 0.29) is 10.2 Å². The topological polar surface area (TPSA) is 66.8 Å². The SMILES string of the molecule is CCCCOc1ccc2ccccc2c1C=C1SC(=S)N(CC(=O)O)C1=O. The molecule has 140 valence electrons. The zero-order chi connectivity index (χ0) is 19.4. The summed E-state index contributed by atoms with van der Waals surface area (Å²) in [5.74, 6) is -0.785. The zero-order valence-electron chi connectivity index (χ0n) is 14.8. The Hall–Kier alpha value is -2.38. The molecule has 0 atom stereocenters. The summed E-state index contributed by atoms with van der Waals surface area (Å²) < 4.78 is 6.20. The minimum Gasteiger partial charge on any atom is -0.493 e. The van der Waals surface area contributed by atoms with Gasteiger partial charge in [-0.15, -0.1) is 0 Å². The Morgan fingerprint density at radius 3 is 2.81 bits per heavy atom. The molecule has 1 aliphatic heterocycles. The third-order valence-corrected chi connectivity index (χ3v) is 5.51. The second-order valence-corrected chi connectivity index (χ2v) is 7.74. The van der Waals surface area contributed by atoms with Crippen molar-refractivity contribution in [2.45, 2.75) is 19.8 Å². The lowest BCUT2D eigenvalue weighted by Crippen LogP contribution is -2.33. The molecule has 0 aliphatic carbocycles. The molecule has 1 aliphatic rings. The number of aliphatic carboxylic acids is 1. The van der Waals surface area contributed by atoms with Gasteiger partial charge in [0.1, 0.15) is 16.6 Å². The molecule has 2 aromatic carbocycles. The standard InChI is InChI=1S/C20H19NO4S2/c1-2-3-10-25-16-9-8-13-6-4-5-7-14(13)15(16)11-17-19(24)21(12-18(22)23)20(26)27-17/h4-9,11H,2-3,10,12H2,1H3,(H,22,23). The minimum absolute atomic E-state index is 0.252. The number of hydrogen-bond acceptors (Lipinski definition) is 5. The van der Waals surface area contributed by atoms with Crippen molar-refractivity contribution in [3.8, 4) is 5.75 Å². The molecule has 0 spiro atoms. The van der Waals surface area contributed by atoms with Crippen LogP contribution in [0, 0.1) is 0 Å². The number of hydrogen-bond donors (Lipinski definition) is 1. The van der Waals surface area contributed by atoms with Gasteiger partial charge in [-0.25, -0.2) is 0 Å². The molecule has 2 aromatic rings. The van der Waals surface area contributed by atoms with Gasteiger partial charge in [0.15, 0.2) is 0 Å². The smallest absolute Gasteiger partial charge is 0.323 e. The number of ether oxygens (including phenoxy) is 1. The van der Waals surface area contributed by atoms with Crippen molar-refractivity contribution in [3.05, 3.63) is 46.9 Å². The first kappa shape index (κ1) is 19.4. The number of carbonyl (C=O) groups excluding carboxylic acids is 1. The van der Waals surface area contributed by atoms with Crippen LogP contribution < -0.4 is 4.74 Å². The number of thioether (sulfide) groups is 1. The van der Waals surface area contributed by atoms with Gasteiger partial charge in [0, 0.05) is 5.56 Å². The first-order valence-corrected chi connectivity index (χ1v) is 9.85. The van der Waals surface area contributed by atoms with E-state index in [1.807, 2.05) is 36.4 Å². The van der Waals surface area contributed by atoms with Gasteiger partial charge in [-0.3, -0.25) is 14.5 Å². The fourth-order valence-corrected chi connectivity index (χ4v) is 4.02. The van der Waals surface area contributed by atoms with E-state index in [9.17, 15) is 9.59 Å². The number of thiocarbonyl (C=S) groups is 1. The molecule has 0 bridgehead atoms. The van der Waals surface area contributed by atoms with Crippen LogP contribution in [-0.4, -0.2) is 39.4 Å². The summed E-state index contributed by atoms with van der Waals surface area (Å²) in [6.07, 6.45) is 3.72. The molecule has 0 aromatic heterocycles. The molecule has 1 fully saturated rings. The van der Waals surface area contributed by atoms with Gasteiger partial charge in [0.2, 0.25) is 0 Å². The van der Waals surface area contributed by atoms with Crippen LogP contribution in [-0.2, 0) is 9.59 Å². The van der Waals surface area contributed by atoms with Crippen molar-refractivity contribution < 1.29 is 19.4 Å². The van der Waals surface area contributed by atoms with Crippen molar-refractivity contribution in [2.24, 2.45) is 0 Å². The Labute approximate surface area is 167 Å². The monoisotopic (exact) mass is 401 g/mol. The molecular formula is C20H19NO4S2. The molecule has 27 heavy (non-hydrogen) atoms. The van der Waals surface area contributed by atoms with Crippen molar-refractivity contribution >= 4 is 57.0 Å². The quantitative estimate of drug-likeness (QED) is 0.424. The number of nitrogens with zero attached hydrogens (tertiary/aromatic N) is 1. The van der Waals surface area contributed by atoms with Crippen molar-refractivity contribution in [1.29, 1.82) is 0 Å². The third kappa shape index (κ3) is 4.31. The van der Waals surface area contributed by atoms with E-state index in [2.05, 4.69) is 6.92 Å². The number of amides is 1. The molecule has 1 saturated heterocycles. The molecular weight excluding hydrogens is 382 g/mol. The van der Waals surface area contributed by atoms with Gasteiger partial charge >= 0.3 is 5.97 Å². The number of fused-ring (bicyclic) bond motifs is 1. The van der Waals surface area contributed by atoms with Gasteiger partial charge in [-0.05, 0) is 29.3 Å². The Kier molecular flexibility index (Phi) is 6.13. The number of carbonyl (C=O) groups is 2. The molecule has 3 rings (SSSR count). The fourth-order valence-electron chi connectivity index (χ4n) is 2.78. The average molecular weight is 402 g/mol. The maximum Gasteiger partial charge on any atom is 0.323 e. The molecule has 0 unspecified atom stereocenters. The van der Waals surface area contributed by atoms with Gasteiger partial charge in [-0.2, -0.15) is 0 Å². The lowest BCUT2D eigenvalue weighted by molar-refractivity contribution is -0.140. The Bertz CT molecular complexity index is 939. The van der Waals surface area contributed by atoms with E-state index in [1.54, 1.807) is 6.08 Å². The van der Waals surface area contributed by atoms with Crippen LogP contribution in [0.25, 0.3) is 16.8 Å². The van der Waals surface area contributed by atoms with E-state index in [1.165, 1.54) is 0 Å². The van der Waals surface area contributed by atoms with Crippen molar-refractivity contribution in [1.82, 2.24) is 4.90 Å². The van der Waals surface area contributed by atoms with Crippen LogP contribution >= 0.6 is 24.0 Å². The van der Waals surface area contributed by atoms with Crippen LogP contribution in [0.3, 0.4) is 0 Å². The first-order valence-electron chi connectivity index (χ1n) is 8.63. The van der Waals surface area contributed by atoms with E-state index in [0.29, 0.717) is 17.3 Å². The lowest BCUT2D eigenvalue weighted by atomic mass is 10.0. The summed E-state index contributed by atoms with van der Waals surface area (Å²) in [4.78, 5) is 25.1. The highest BCUT2D eigenvalue weighted by Crippen LogP contribution is 2.37. The second-order valence-electron chi connectivity index (χ2n) is 6.06. The van der Waals surface area contributed by atoms with Crippen LogP contribution in [0.4, 0.5) is 0 Å².